The quantitative estimate of drug-likeness (QED) is 0.357. The van der Waals surface area contributed by atoms with Crippen LogP contribution in [0.3, 0.4) is 0 Å². The van der Waals surface area contributed by atoms with E-state index in [2.05, 4.69) is 10.3 Å². The normalized spacial score (nSPS) is 12.1. The highest BCUT2D eigenvalue weighted by molar-refractivity contribution is 6.69. The number of benzene rings is 2. The molecule has 0 amide bonds. The fraction of sp³-hybridized carbons (Fsp3) is 0.0667. The minimum atomic E-state index is -0.00188. The Morgan fingerprint density at radius 1 is 0.739 bits per heavy atom. The van der Waals surface area contributed by atoms with Crippen molar-refractivity contribution in [3.05, 3.63) is 59.7 Å². The van der Waals surface area contributed by atoms with Gasteiger partial charge in [-0.05, 0) is 48.5 Å². The smallest absolute Gasteiger partial charge is 0.230 e. The third kappa shape index (κ3) is 4.77. The van der Waals surface area contributed by atoms with E-state index in [0.717, 1.165) is 0 Å². The Bertz CT molecular complexity index is 639. The summed E-state index contributed by atoms with van der Waals surface area (Å²) in [7, 11) is 0. The zero-order valence-electron chi connectivity index (χ0n) is 11.7. The second-order valence-electron chi connectivity index (χ2n) is 4.24. The van der Waals surface area contributed by atoms with Crippen molar-refractivity contribution >= 4 is 33.5 Å². The predicted octanol–water partition coefficient (Wildman–Crippen LogP) is 3.85. The van der Waals surface area contributed by atoms with E-state index in [0.29, 0.717) is 22.6 Å². The van der Waals surface area contributed by atoms with E-state index in [1.165, 1.54) is 0 Å². The summed E-state index contributed by atoms with van der Waals surface area (Å²) < 4.78 is 10.8. The first-order valence-corrected chi connectivity index (χ1v) is 7.11. The topological polar surface area (TPSA) is 83.6 Å². The first kappa shape index (κ1) is 16.9. The lowest BCUT2D eigenvalue weighted by molar-refractivity contribution is 0.120. The van der Waals surface area contributed by atoms with Crippen molar-refractivity contribution in [2.45, 2.75) is 0 Å². The molecular weight excluding hydrogens is 343 g/mol. The van der Waals surface area contributed by atoms with Crippen LogP contribution in [-0.2, 0) is 0 Å². The van der Waals surface area contributed by atoms with Crippen LogP contribution in [-0.4, -0.2) is 27.5 Å². The molecule has 0 aliphatic heterocycles. The SMILES string of the molecule is O/N=C(\Cl)c1ccc(OCOc2ccc(/C(Cl)=N/O)cc2)cc1. The number of ether oxygens (including phenoxy) is 2. The zero-order valence-corrected chi connectivity index (χ0v) is 13.2. The van der Waals surface area contributed by atoms with Crippen molar-refractivity contribution in [1.29, 1.82) is 0 Å². The van der Waals surface area contributed by atoms with E-state index in [1.807, 2.05) is 0 Å². The fourth-order valence-electron chi connectivity index (χ4n) is 1.66. The Kier molecular flexibility index (Phi) is 6.08. The highest BCUT2D eigenvalue weighted by atomic mass is 35.5. The summed E-state index contributed by atoms with van der Waals surface area (Å²) in [4.78, 5) is 0. The number of hydrogen-bond donors (Lipinski definition) is 2. The predicted molar refractivity (Wildman–Crippen MR) is 87.4 cm³/mol. The van der Waals surface area contributed by atoms with Gasteiger partial charge in [-0.25, -0.2) is 0 Å². The second-order valence-corrected chi connectivity index (χ2v) is 4.95. The molecule has 8 heteroatoms. The first-order valence-electron chi connectivity index (χ1n) is 6.35. The molecule has 6 nitrogen and oxygen atoms in total. The van der Waals surface area contributed by atoms with Crippen LogP contribution >= 0.6 is 23.2 Å². The summed E-state index contributed by atoms with van der Waals surface area (Å²) in [5.74, 6) is 1.14. The molecule has 2 aromatic carbocycles. The molecule has 0 spiro atoms. The third-order valence-corrected chi connectivity index (χ3v) is 3.40. The average molecular weight is 355 g/mol. The van der Waals surface area contributed by atoms with E-state index in [1.54, 1.807) is 48.5 Å². The van der Waals surface area contributed by atoms with E-state index in [9.17, 15) is 0 Å². The van der Waals surface area contributed by atoms with Gasteiger partial charge < -0.3 is 19.9 Å². The Morgan fingerprint density at radius 3 is 1.39 bits per heavy atom. The van der Waals surface area contributed by atoms with Crippen LogP contribution in [0, 0.1) is 0 Å². The zero-order chi connectivity index (χ0) is 16.7. The van der Waals surface area contributed by atoms with Crippen molar-refractivity contribution in [2.75, 3.05) is 6.79 Å². The van der Waals surface area contributed by atoms with Gasteiger partial charge in [-0.3, -0.25) is 0 Å². The summed E-state index contributed by atoms with van der Waals surface area (Å²) in [6.07, 6.45) is 0. The van der Waals surface area contributed by atoms with Gasteiger partial charge in [-0.2, -0.15) is 0 Å². The minimum absolute atomic E-state index is 0.00188. The standard InChI is InChI=1S/C15H12Cl2N2O4/c16-14(18-20)10-1-5-12(6-2-10)22-9-23-13-7-3-11(4-8-13)15(17)19-21/h1-8,20-21H,9H2/b18-14-,19-15-. The van der Waals surface area contributed by atoms with Gasteiger partial charge in [0.15, 0.2) is 10.3 Å². The Labute approximate surface area is 142 Å². The molecule has 0 radical (unpaired) electrons. The van der Waals surface area contributed by atoms with Gasteiger partial charge in [-0.15, -0.1) is 0 Å². The third-order valence-electron chi connectivity index (χ3n) is 2.81. The van der Waals surface area contributed by atoms with Crippen LogP contribution < -0.4 is 9.47 Å². The largest absolute Gasteiger partial charge is 0.458 e. The number of oxime groups is 2. The highest BCUT2D eigenvalue weighted by Gasteiger charge is 2.03. The van der Waals surface area contributed by atoms with E-state index < -0.39 is 0 Å². The molecule has 2 aromatic rings. The molecule has 2 rings (SSSR count). The average Bonchev–Trinajstić information content (AvgIpc) is 2.61. The van der Waals surface area contributed by atoms with Crippen LogP contribution in [0.2, 0.25) is 0 Å². The van der Waals surface area contributed by atoms with Crippen molar-refractivity contribution in [2.24, 2.45) is 10.3 Å². The maximum absolute atomic E-state index is 8.57. The number of halogens is 2. The highest BCUT2D eigenvalue weighted by Crippen LogP contribution is 2.16. The molecular formula is C15H12Cl2N2O4. The maximum atomic E-state index is 8.57. The second kappa shape index (κ2) is 8.26. The van der Waals surface area contributed by atoms with Crippen LogP contribution in [0.5, 0.6) is 11.5 Å². The number of hydrogen-bond acceptors (Lipinski definition) is 6. The fourth-order valence-corrected chi connectivity index (χ4v) is 1.91. The van der Waals surface area contributed by atoms with Crippen molar-refractivity contribution in [3.63, 3.8) is 0 Å². The summed E-state index contributed by atoms with van der Waals surface area (Å²) in [6.45, 7) is 0.00232. The van der Waals surface area contributed by atoms with E-state index >= 15 is 0 Å². The van der Waals surface area contributed by atoms with Crippen molar-refractivity contribution in [3.8, 4) is 11.5 Å². The molecule has 0 heterocycles. The van der Waals surface area contributed by atoms with Gasteiger partial charge in [0.1, 0.15) is 11.5 Å². The Morgan fingerprint density at radius 2 is 1.09 bits per heavy atom. The Hall–Kier alpha value is -2.44. The summed E-state index contributed by atoms with van der Waals surface area (Å²) in [6, 6.07) is 13.3. The molecule has 23 heavy (non-hydrogen) atoms. The lowest BCUT2D eigenvalue weighted by Gasteiger charge is -2.09. The van der Waals surface area contributed by atoms with E-state index in [-0.39, 0.29) is 17.1 Å². The van der Waals surface area contributed by atoms with Crippen molar-refractivity contribution < 1.29 is 19.9 Å². The molecule has 0 aliphatic rings. The van der Waals surface area contributed by atoms with Crippen LogP contribution in [0.4, 0.5) is 0 Å². The van der Waals surface area contributed by atoms with E-state index in [4.69, 9.17) is 43.1 Å². The maximum Gasteiger partial charge on any atom is 0.230 e. The van der Waals surface area contributed by atoms with Crippen LogP contribution in [0.15, 0.2) is 58.8 Å². The molecule has 0 saturated carbocycles. The molecule has 120 valence electrons. The van der Waals surface area contributed by atoms with Gasteiger partial charge in [0.25, 0.3) is 0 Å². The molecule has 0 aromatic heterocycles. The monoisotopic (exact) mass is 354 g/mol. The van der Waals surface area contributed by atoms with Gasteiger partial charge >= 0.3 is 0 Å². The van der Waals surface area contributed by atoms with Crippen molar-refractivity contribution in [1.82, 2.24) is 0 Å². The molecule has 0 unspecified atom stereocenters. The lowest BCUT2D eigenvalue weighted by Crippen LogP contribution is -2.06. The van der Waals surface area contributed by atoms with Gasteiger partial charge in [0.05, 0.1) is 0 Å². The number of nitrogens with zero attached hydrogens (tertiary/aromatic N) is 2. The summed E-state index contributed by atoms with van der Waals surface area (Å²) in [5.41, 5.74) is 1.14. The molecule has 0 aliphatic carbocycles. The van der Waals surface area contributed by atoms with Gasteiger partial charge in [0.2, 0.25) is 6.79 Å². The molecule has 0 saturated heterocycles. The number of rotatable bonds is 6. The van der Waals surface area contributed by atoms with Gasteiger partial charge in [-0.1, -0.05) is 33.5 Å². The molecule has 0 atom stereocenters. The molecule has 2 N–H and O–H groups in total. The molecule has 0 fully saturated rings. The minimum Gasteiger partial charge on any atom is -0.458 e. The molecule has 0 bridgehead atoms. The lowest BCUT2D eigenvalue weighted by atomic mass is 10.2. The van der Waals surface area contributed by atoms with Crippen LogP contribution in [0.1, 0.15) is 11.1 Å². The summed E-state index contributed by atoms with van der Waals surface area (Å²) >= 11 is 11.3. The van der Waals surface area contributed by atoms with Crippen LogP contribution in [0.25, 0.3) is 0 Å². The first-order chi connectivity index (χ1) is 11.1. The Balaban J connectivity index is 1.87. The summed E-state index contributed by atoms with van der Waals surface area (Å²) in [5, 5.41) is 22.9. The van der Waals surface area contributed by atoms with Gasteiger partial charge in [0, 0.05) is 11.1 Å².